The Labute approximate surface area is 151 Å². The van der Waals surface area contributed by atoms with E-state index in [0.29, 0.717) is 36.1 Å². The van der Waals surface area contributed by atoms with Crippen molar-refractivity contribution in [1.29, 1.82) is 0 Å². The van der Waals surface area contributed by atoms with E-state index in [1.165, 1.54) is 24.3 Å². The van der Waals surface area contributed by atoms with Crippen molar-refractivity contribution in [3.63, 3.8) is 0 Å². The van der Waals surface area contributed by atoms with Gasteiger partial charge in [0.1, 0.15) is 17.3 Å². The average molecular weight is 378 g/mol. The van der Waals surface area contributed by atoms with Crippen LogP contribution in [0.15, 0.2) is 34.7 Å². The molecule has 0 radical (unpaired) electrons. The topological polar surface area (TPSA) is 48.0 Å². The van der Waals surface area contributed by atoms with Gasteiger partial charge in [-0.3, -0.25) is 4.79 Å². The lowest BCUT2D eigenvalue weighted by molar-refractivity contribution is -0.142. The molecule has 0 aliphatic heterocycles. The third-order valence-corrected chi connectivity index (χ3v) is 4.65. The summed E-state index contributed by atoms with van der Waals surface area (Å²) in [6.45, 7) is 0. The lowest BCUT2D eigenvalue weighted by atomic mass is 9.95. The fourth-order valence-corrected chi connectivity index (χ4v) is 3.43. The van der Waals surface area contributed by atoms with E-state index in [1.807, 2.05) is 0 Å². The van der Waals surface area contributed by atoms with Gasteiger partial charge in [-0.15, -0.1) is 0 Å². The highest BCUT2D eigenvalue weighted by molar-refractivity contribution is 5.73. The summed E-state index contributed by atoms with van der Waals surface area (Å²) in [6.07, 6.45) is -1.96. The van der Waals surface area contributed by atoms with Gasteiger partial charge in [0.2, 0.25) is 0 Å². The van der Waals surface area contributed by atoms with Gasteiger partial charge in [-0.05, 0) is 56.0 Å². The van der Waals surface area contributed by atoms with Gasteiger partial charge in [0, 0.05) is 16.8 Å². The first-order valence-corrected chi connectivity index (χ1v) is 8.42. The third kappa shape index (κ3) is 3.05. The van der Waals surface area contributed by atoms with Crippen LogP contribution in [-0.4, -0.2) is 16.1 Å². The molecule has 0 fully saturated rings. The maximum Gasteiger partial charge on any atom is 0.435 e. The summed E-state index contributed by atoms with van der Waals surface area (Å²) in [5.41, 5.74) is -0.0568. The molecule has 4 rings (SSSR count). The van der Waals surface area contributed by atoms with Crippen LogP contribution in [0.2, 0.25) is 0 Å². The van der Waals surface area contributed by atoms with E-state index in [9.17, 15) is 22.4 Å². The summed E-state index contributed by atoms with van der Waals surface area (Å²) in [6, 6.07) is 7.03. The molecule has 27 heavy (non-hydrogen) atoms. The van der Waals surface area contributed by atoms with Crippen molar-refractivity contribution in [1.82, 2.24) is 9.78 Å². The number of hydrogen-bond acceptors (Lipinski definition) is 3. The standard InChI is InChI=1S/C19H14F4N2O2/c20-14-9-11(17-8-6-12(10-26)27-17)5-7-16(14)25-15-4-2-1-3-13(15)18(24-25)19(21,22)23/h5-10H,1-4H2. The summed E-state index contributed by atoms with van der Waals surface area (Å²) < 4.78 is 61.0. The van der Waals surface area contributed by atoms with E-state index in [-0.39, 0.29) is 23.4 Å². The number of rotatable bonds is 3. The minimum Gasteiger partial charge on any atom is -0.453 e. The van der Waals surface area contributed by atoms with Crippen LogP contribution in [0.1, 0.15) is 40.3 Å². The lowest BCUT2D eigenvalue weighted by Crippen LogP contribution is -2.11. The van der Waals surface area contributed by atoms with Gasteiger partial charge in [0.15, 0.2) is 17.7 Å². The van der Waals surface area contributed by atoms with Crippen LogP contribution in [-0.2, 0) is 19.0 Å². The SMILES string of the molecule is O=Cc1ccc(-c2ccc(-n3nc(C(F)(F)F)c4c3CCCC4)c(F)c2)o1. The van der Waals surface area contributed by atoms with Crippen molar-refractivity contribution >= 4 is 6.29 Å². The highest BCUT2D eigenvalue weighted by Crippen LogP contribution is 2.37. The second-order valence-corrected chi connectivity index (χ2v) is 6.38. The number of fused-ring (bicyclic) bond motifs is 1. The third-order valence-electron chi connectivity index (χ3n) is 4.65. The molecule has 4 nitrogen and oxygen atoms in total. The Morgan fingerprint density at radius 1 is 1.11 bits per heavy atom. The van der Waals surface area contributed by atoms with Gasteiger partial charge in [-0.2, -0.15) is 18.3 Å². The first kappa shape index (κ1) is 17.5. The Balaban J connectivity index is 1.80. The Morgan fingerprint density at radius 3 is 2.56 bits per heavy atom. The zero-order valence-corrected chi connectivity index (χ0v) is 14.0. The molecular formula is C19H14F4N2O2. The van der Waals surface area contributed by atoms with E-state index in [0.717, 1.165) is 17.2 Å². The fraction of sp³-hybridized carbons (Fsp3) is 0.263. The minimum absolute atomic E-state index is 0.0467. The molecule has 3 aromatic rings. The summed E-state index contributed by atoms with van der Waals surface area (Å²) in [5.74, 6) is -0.326. The van der Waals surface area contributed by atoms with Crippen LogP contribution in [0.3, 0.4) is 0 Å². The highest BCUT2D eigenvalue weighted by atomic mass is 19.4. The normalized spacial score (nSPS) is 14.2. The van der Waals surface area contributed by atoms with E-state index >= 15 is 0 Å². The number of benzene rings is 1. The van der Waals surface area contributed by atoms with Crippen molar-refractivity contribution in [2.24, 2.45) is 0 Å². The largest absolute Gasteiger partial charge is 0.453 e. The summed E-state index contributed by atoms with van der Waals surface area (Å²) in [5, 5.41) is 3.70. The minimum atomic E-state index is -4.58. The lowest BCUT2D eigenvalue weighted by Gasteiger charge is -2.15. The molecule has 2 aromatic heterocycles. The summed E-state index contributed by atoms with van der Waals surface area (Å²) >= 11 is 0. The molecule has 2 heterocycles. The number of carbonyl (C=O) groups excluding carboxylic acids is 1. The second-order valence-electron chi connectivity index (χ2n) is 6.38. The Morgan fingerprint density at radius 2 is 1.89 bits per heavy atom. The van der Waals surface area contributed by atoms with Gasteiger partial charge in [-0.1, -0.05) is 0 Å². The molecule has 0 N–H and O–H groups in total. The van der Waals surface area contributed by atoms with Crippen LogP contribution in [0.5, 0.6) is 0 Å². The second kappa shape index (κ2) is 6.37. The van der Waals surface area contributed by atoms with Crippen molar-refractivity contribution < 1.29 is 26.8 Å². The average Bonchev–Trinajstić information content (AvgIpc) is 3.26. The number of nitrogens with zero attached hydrogens (tertiary/aromatic N) is 2. The molecule has 0 unspecified atom stereocenters. The molecule has 1 aliphatic rings. The molecule has 0 spiro atoms. The molecule has 1 aromatic carbocycles. The van der Waals surface area contributed by atoms with E-state index in [2.05, 4.69) is 5.10 Å². The molecule has 0 saturated carbocycles. The van der Waals surface area contributed by atoms with Crippen molar-refractivity contribution in [2.75, 3.05) is 0 Å². The zero-order valence-electron chi connectivity index (χ0n) is 14.0. The first-order chi connectivity index (χ1) is 12.9. The van der Waals surface area contributed by atoms with Crippen molar-refractivity contribution in [3.05, 3.63) is 58.9 Å². The maximum atomic E-state index is 14.7. The van der Waals surface area contributed by atoms with Crippen LogP contribution >= 0.6 is 0 Å². The van der Waals surface area contributed by atoms with Crippen molar-refractivity contribution in [2.45, 2.75) is 31.9 Å². The molecule has 0 bridgehead atoms. The van der Waals surface area contributed by atoms with Crippen LogP contribution in [0.4, 0.5) is 17.6 Å². The van der Waals surface area contributed by atoms with Crippen LogP contribution in [0, 0.1) is 5.82 Å². The van der Waals surface area contributed by atoms with Crippen molar-refractivity contribution in [3.8, 4) is 17.0 Å². The Bertz CT molecular complexity index is 1020. The zero-order chi connectivity index (χ0) is 19.2. The molecule has 0 atom stereocenters. The molecule has 0 amide bonds. The fourth-order valence-electron chi connectivity index (χ4n) is 3.43. The quantitative estimate of drug-likeness (QED) is 0.477. The molecule has 1 aliphatic carbocycles. The van der Waals surface area contributed by atoms with Gasteiger partial charge < -0.3 is 4.42 Å². The number of hydrogen-bond donors (Lipinski definition) is 0. The van der Waals surface area contributed by atoms with Crippen LogP contribution < -0.4 is 0 Å². The Kier molecular flexibility index (Phi) is 4.13. The smallest absolute Gasteiger partial charge is 0.435 e. The number of aromatic nitrogens is 2. The number of aldehydes is 1. The highest BCUT2D eigenvalue weighted by Gasteiger charge is 2.40. The predicted molar refractivity (Wildman–Crippen MR) is 88.3 cm³/mol. The van der Waals surface area contributed by atoms with E-state index in [1.54, 1.807) is 0 Å². The number of carbonyl (C=O) groups is 1. The number of alkyl halides is 3. The molecule has 140 valence electrons. The van der Waals surface area contributed by atoms with Gasteiger partial charge in [-0.25, -0.2) is 9.07 Å². The van der Waals surface area contributed by atoms with E-state index in [4.69, 9.17) is 4.42 Å². The maximum absolute atomic E-state index is 14.7. The monoisotopic (exact) mass is 378 g/mol. The van der Waals surface area contributed by atoms with Gasteiger partial charge in [0.05, 0.1) is 0 Å². The van der Waals surface area contributed by atoms with E-state index < -0.39 is 17.7 Å². The predicted octanol–water partition coefficient (Wildman–Crippen LogP) is 4.98. The van der Waals surface area contributed by atoms with Crippen LogP contribution in [0.25, 0.3) is 17.0 Å². The first-order valence-electron chi connectivity index (χ1n) is 8.42. The van der Waals surface area contributed by atoms with Gasteiger partial charge >= 0.3 is 6.18 Å². The van der Waals surface area contributed by atoms with Gasteiger partial charge in [0.25, 0.3) is 0 Å². The number of furan rings is 1. The molecular weight excluding hydrogens is 364 g/mol. The summed E-state index contributed by atoms with van der Waals surface area (Å²) in [4.78, 5) is 10.7. The summed E-state index contributed by atoms with van der Waals surface area (Å²) in [7, 11) is 0. The number of halogens is 4. The Hall–Kier alpha value is -2.90. The molecule has 8 heteroatoms. The molecule has 0 saturated heterocycles.